The molecule has 2 aromatic heterocycles. The maximum absolute atomic E-state index is 3.08. The molecule has 292 valence electrons. The monoisotopic (exact) mass is 798 g/mol. The van der Waals surface area contributed by atoms with Crippen LogP contribution in [0, 0.1) is 5.92 Å². The molecule has 12 rings (SSSR count). The van der Waals surface area contributed by atoms with Crippen LogP contribution in [0.2, 0.25) is 0 Å². The molecule has 0 fully saturated rings. The van der Waals surface area contributed by atoms with Crippen LogP contribution in [-0.2, 0) is 5.41 Å². The number of benzene rings is 8. The lowest BCUT2D eigenvalue weighted by atomic mass is 9.82. The summed E-state index contributed by atoms with van der Waals surface area (Å²) in [6, 6.07) is 71.8. The lowest BCUT2D eigenvalue weighted by molar-refractivity contribution is 0.510. The van der Waals surface area contributed by atoms with Crippen molar-refractivity contribution in [2.45, 2.75) is 32.2 Å². The van der Waals surface area contributed by atoms with Gasteiger partial charge in [-0.2, -0.15) is 0 Å². The van der Waals surface area contributed by atoms with Crippen LogP contribution >= 0.6 is 0 Å². The molecule has 8 aromatic carbocycles. The Morgan fingerprint density at radius 1 is 0.459 bits per heavy atom. The highest BCUT2D eigenvalue weighted by molar-refractivity contribution is 7.20. The molecule has 0 saturated carbocycles. The van der Waals surface area contributed by atoms with Gasteiger partial charge in [0.1, 0.15) is 0 Å². The van der Waals surface area contributed by atoms with Crippen molar-refractivity contribution in [2.75, 3.05) is 0 Å². The Labute approximate surface area is 358 Å². The average molecular weight is 799 g/mol. The highest BCUT2D eigenvalue weighted by atomic mass is 28.3. The van der Waals surface area contributed by atoms with Crippen LogP contribution in [0.5, 0.6) is 0 Å². The van der Waals surface area contributed by atoms with E-state index in [4.69, 9.17) is 0 Å². The first-order valence-corrected chi connectivity index (χ1v) is 23.7. The van der Waals surface area contributed by atoms with E-state index in [0.717, 1.165) is 0 Å². The second kappa shape index (κ2) is 13.5. The molecule has 0 saturated heterocycles. The number of aromatic nitrogens is 2. The molecule has 2 heterocycles. The van der Waals surface area contributed by atoms with Crippen LogP contribution in [0.15, 0.2) is 212 Å². The molecule has 10 aromatic rings. The van der Waals surface area contributed by atoms with Gasteiger partial charge in [-0.05, 0) is 85.3 Å². The zero-order valence-electron chi connectivity index (χ0n) is 34.8. The molecule has 0 aliphatic heterocycles. The fourth-order valence-corrected chi connectivity index (χ4v) is 16.3. The fraction of sp³-hybridized carbons (Fsp3) is 0.103. The van der Waals surface area contributed by atoms with Crippen LogP contribution < -0.4 is 20.7 Å². The fourth-order valence-electron chi connectivity index (χ4n) is 11.4. The van der Waals surface area contributed by atoms with Gasteiger partial charge >= 0.3 is 0 Å². The topological polar surface area (TPSA) is 9.86 Å². The Morgan fingerprint density at radius 2 is 1.07 bits per heavy atom. The third-order valence-corrected chi connectivity index (χ3v) is 18.9. The second-order valence-electron chi connectivity index (χ2n) is 17.7. The summed E-state index contributed by atoms with van der Waals surface area (Å²) in [5.41, 5.74) is 11.7. The normalized spacial score (nSPS) is 16.8. The molecule has 2 nitrogen and oxygen atoms in total. The van der Waals surface area contributed by atoms with E-state index in [1.807, 2.05) is 0 Å². The van der Waals surface area contributed by atoms with E-state index in [0.29, 0.717) is 5.92 Å². The maximum atomic E-state index is 2.68. The maximum Gasteiger partial charge on any atom is 0.181 e. The molecule has 2 aliphatic carbocycles. The van der Waals surface area contributed by atoms with E-state index in [9.17, 15) is 0 Å². The van der Waals surface area contributed by atoms with Crippen molar-refractivity contribution in [3.8, 4) is 16.8 Å². The molecule has 0 bridgehead atoms. The number of para-hydroxylation sites is 3. The molecule has 0 N–H and O–H groups in total. The number of hydrogen-bond donors (Lipinski definition) is 0. The largest absolute Gasteiger partial charge is 0.333 e. The molecule has 2 aliphatic rings. The van der Waals surface area contributed by atoms with E-state index >= 15 is 0 Å². The highest BCUT2D eigenvalue weighted by Gasteiger charge is 2.44. The van der Waals surface area contributed by atoms with Gasteiger partial charge in [0.2, 0.25) is 0 Å². The molecule has 0 spiro atoms. The minimum absolute atomic E-state index is 0.0786. The van der Waals surface area contributed by atoms with Gasteiger partial charge in [-0.3, -0.25) is 0 Å². The van der Waals surface area contributed by atoms with Gasteiger partial charge in [0, 0.05) is 38.2 Å². The van der Waals surface area contributed by atoms with Gasteiger partial charge in [0.15, 0.2) is 8.07 Å². The van der Waals surface area contributed by atoms with E-state index in [1.54, 1.807) is 0 Å². The Morgan fingerprint density at radius 3 is 1.82 bits per heavy atom. The van der Waals surface area contributed by atoms with Gasteiger partial charge in [-0.1, -0.05) is 197 Å². The molecular formula is C58H46N2Si. The Balaban J connectivity index is 1.20. The van der Waals surface area contributed by atoms with Crippen molar-refractivity contribution in [2.24, 2.45) is 5.92 Å². The summed E-state index contributed by atoms with van der Waals surface area (Å²) in [7, 11) is -3.08. The number of allylic oxidation sites excluding steroid dienone is 4. The zero-order valence-corrected chi connectivity index (χ0v) is 35.8. The second-order valence-corrected chi connectivity index (χ2v) is 21.4. The number of fused-ring (bicyclic) bond motifs is 9. The van der Waals surface area contributed by atoms with Crippen LogP contribution in [0.1, 0.15) is 37.9 Å². The first-order valence-electron chi connectivity index (χ1n) is 21.7. The molecule has 0 amide bonds. The molecule has 61 heavy (non-hydrogen) atoms. The minimum atomic E-state index is -3.08. The van der Waals surface area contributed by atoms with Crippen molar-refractivity contribution in [3.63, 3.8) is 0 Å². The summed E-state index contributed by atoms with van der Waals surface area (Å²) in [5.74, 6) is 0.333. The quantitative estimate of drug-likeness (QED) is 0.117. The van der Waals surface area contributed by atoms with E-state index in [-0.39, 0.29) is 11.5 Å². The lowest BCUT2D eigenvalue weighted by Crippen LogP contribution is -2.75. The van der Waals surface area contributed by atoms with Crippen molar-refractivity contribution in [3.05, 3.63) is 223 Å². The van der Waals surface area contributed by atoms with E-state index < -0.39 is 8.07 Å². The van der Waals surface area contributed by atoms with Crippen LogP contribution in [0.25, 0.3) is 60.4 Å². The molecular weight excluding hydrogens is 753 g/mol. The Hall–Kier alpha value is -6.94. The van der Waals surface area contributed by atoms with Gasteiger partial charge in [0.05, 0.1) is 22.6 Å². The molecule has 0 radical (unpaired) electrons. The Bertz CT molecular complexity index is 3380. The van der Waals surface area contributed by atoms with Crippen LogP contribution in [0.4, 0.5) is 0 Å². The van der Waals surface area contributed by atoms with Gasteiger partial charge < -0.3 is 9.13 Å². The lowest BCUT2D eigenvalue weighted by Gasteiger charge is -2.36. The first-order chi connectivity index (χ1) is 30.0. The van der Waals surface area contributed by atoms with Gasteiger partial charge in [0.25, 0.3) is 0 Å². The molecule has 2 atom stereocenters. The third kappa shape index (κ3) is 5.08. The Kier molecular flexibility index (Phi) is 7.98. The van der Waals surface area contributed by atoms with Crippen molar-refractivity contribution in [1.29, 1.82) is 0 Å². The van der Waals surface area contributed by atoms with E-state index in [2.05, 4.69) is 242 Å². The number of hydrogen-bond acceptors (Lipinski definition) is 0. The summed E-state index contributed by atoms with van der Waals surface area (Å²) >= 11 is 0. The predicted octanol–water partition coefficient (Wildman–Crippen LogP) is 11.9. The minimum Gasteiger partial charge on any atom is -0.333 e. The summed E-state index contributed by atoms with van der Waals surface area (Å²) < 4.78 is 5.21. The number of nitrogens with zero attached hydrogens (tertiary/aromatic N) is 2. The first kappa shape index (κ1) is 36.0. The standard InChI is InChI=1S/C58H46N2Si/c1-39-20-10-15-32-52(39)60-54-34-17-12-28-45(54)47-30-19-35-56(57(47)60)61(41-22-6-4-7-23-41,42-24-8-5-9-25-42)43-26-18-21-40(36-43)59-53-33-16-13-29-46(53)49-37-51-48(38-55(49)59)44-27-11-14-31-50(44)58(51,2)3/h4-39,52H,1-3H3. The average Bonchev–Trinajstić information content (AvgIpc) is 3.90. The van der Waals surface area contributed by atoms with Gasteiger partial charge in [-0.15, -0.1) is 0 Å². The molecule has 3 heteroatoms. The summed E-state index contributed by atoms with van der Waals surface area (Å²) in [6.07, 6.45) is 9.20. The molecule has 2 unspecified atom stereocenters. The summed E-state index contributed by atoms with van der Waals surface area (Å²) in [4.78, 5) is 0. The third-order valence-electron chi connectivity index (χ3n) is 14.1. The van der Waals surface area contributed by atoms with Gasteiger partial charge in [-0.25, -0.2) is 0 Å². The highest BCUT2D eigenvalue weighted by Crippen LogP contribution is 2.51. The van der Waals surface area contributed by atoms with Crippen LogP contribution in [-0.4, -0.2) is 17.2 Å². The number of rotatable bonds is 6. The van der Waals surface area contributed by atoms with Crippen molar-refractivity contribution in [1.82, 2.24) is 9.13 Å². The van der Waals surface area contributed by atoms with Crippen molar-refractivity contribution < 1.29 is 0 Å². The van der Waals surface area contributed by atoms with Crippen molar-refractivity contribution >= 4 is 72.4 Å². The van der Waals surface area contributed by atoms with E-state index in [1.165, 1.54) is 92.3 Å². The smallest absolute Gasteiger partial charge is 0.181 e. The SMILES string of the molecule is CC1C=CC=CC1n1c2ccccc2c2cccc([Si](c3ccccc3)(c3ccccc3)c3cccc(-n4c5ccccc5c5cc6c(cc54)-c4ccccc4C6(C)C)c3)c21. The predicted molar refractivity (Wildman–Crippen MR) is 261 cm³/mol. The zero-order chi connectivity index (χ0) is 40.9. The van der Waals surface area contributed by atoms with Crippen LogP contribution in [0.3, 0.4) is 0 Å². The summed E-state index contributed by atoms with van der Waals surface area (Å²) in [6.45, 7) is 7.12. The summed E-state index contributed by atoms with van der Waals surface area (Å²) in [5, 5.41) is 10.7.